The van der Waals surface area contributed by atoms with E-state index in [0.717, 1.165) is 51.0 Å². The number of benzene rings is 9. The van der Waals surface area contributed by atoms with Crippen molar-refractivity contribution in [2.75, 3.05) is 52.9 Å². The lowest BCUT2D eigenvalue weighted by molar-refractivity contribution is -0.0677. The molecular formula is C101H136NO13P7. The van der Waals surface area contributed by atoms with Gasteiger partial charge in [-0.2, -0.15) is 0 Å². The monoisotopic (exact) mass is 1790 g/mol. The van der Waals surface area contributed by atoms with Gasteiger partial charge >= 0.3 is 34.4 Å². The molecule has 4 fully saturated rings. The molecule has 21 heteroatoms. The van der Waals surface area contributed by atoms with Gasteiger partial charge in [-0.05, 0) is 121 Å². The highest BCUT2D eigenvalue weighted by atomic mass is 32.0. The third-order valence-corrected chi connectivity index (χ3v) is 28.0. The lowest BCUT2D eigenvalue weighted by Crippen LogP contribution is -2.45. The van der Waals surface area contributed by atoms with Crippen LogP contribution in [0.3, 0.4) is 0 Å². The van der Waals surface area contributed by atoms with Crippen LogP contribution in [0.25, 0.3) is 0 Å². The highest BCUT2D eigenvalue weighted by molar-refractivity contribution is 7.96. The molecule has 0 radical (unpaired) electrons. The second-order valence-electron chi connectivity index (χ2n) is 39.0. The molecule has 0 saturated carbocycles. The fourth-order valence-electron chi connectivity index (χ4n) is 15.1. The lowest BCUT2D eigenvalue weighted by atomic mass is 9.73. The van der Waals surface area contributed by atoms with E-state index >= 15 is 0 Å². The lowest BCUT2D eigenvalue weighted by Gasteiger charge is -2.41. The number of unbranched alkanes of at least 4 members (excludes halogenated alkanes) is 6. The van der Waals surface area contributed by atoms with Crippen molar-refractivity contribution >= 4 is 60.9 Å². The Morgan fingerprint density at radius 2 is 0.590 bits per heavy atom. The average molecular weight is 1790 g/mol. The van der Waals surface area contributed by atoms with Crippen LogP contribution in [0.4, 0.5) is 0 Å². The van der Waals surface area contributed by atoms with E-state index in [2.05, 4.69) is 375 Å². The zero-order valence-electron chi connectivity index (χ0n) is 77.2. The van der Waals surface area contributed by atoms with Gasteiger partial charge in [-0.3, -0.25) is 5.15 Å². The summed E-state index contributed by atoms with van der Waals surface area (Å²) in [5.41, 5.74) is 13.7. The first-order valence-corrected chi connectivity index (χ1v) is 50.3. The number of hydrogen-bond donors (Lipinski definition) is 1. The van der Waals surface area contributed by atoms with Crippen LogP contribution in [0.1, 0.15) is 263 Å². The van der Waals surface area contributed by atoms with Crippen LogP contribution in [0.5, 0.6) is 28.7 Å². The summed E-state index contributed by atoms with van der Waals surface area (Å²) in [5, 5.41) is 2.92. The quantitative estimate of drug-likeness (QED) is 0.0429. The molecule has 122 heavy (non-hydrogen) atoms. The Morgan fingerprint density at radius 3 is 0.861 bits per heavy atom. The van der Waals surface area contributed by atoms with Gasteiger partial charge in [-0.1, -0.05) is 375 Å². The van der Waals surface area contributed by atoms with Gasteiger partial charge in [0, 0.05) is 52.0 Å². The van der Waals surface area contributed by atoms with E-state index in [1.807, 2.05) is 12.1 Å². The van der Waals surface area contributed by atoms with Crippen molar-refractivity contribution < 1.29 is 60.2 Å². The predicted molar refractivity (Wildman–Crippen MR) is 515 cm³/mol. The van der Waals surface area contributed by atoms with Crippen molar-refractivity contribution in [3.8, 4) is 28.7 Å². The Bertz CT molecular complexity index is 4490. The second kappa shape index (κ2) is 43.4. The molecule has 9 aromatic carbocycles. The molecule has 9 aromatic rings. The van der Waals surface area contributed by atoms with Crippen molar-refractivity contribution in [2.24, 2.45) is 10.8 Å². The first kappa shape index (κ1) is 97.0. The molecule has 2 atom stereocenters. The first-order chi connectivity index (χ1) is 58.2. The number of rotatable bonds is 25. The number of nitrogens with one attached hydrogen (secondary N) is 1. The van der Waals surface area contributed by atoms with Crippen LogP contribution in [0.15, 0.2) is 218 Å². The van der Waals surface area contributed by atoms with Crippen LogP contribution in [-0.2, 0) is 85.9 Å². The number of hydrogen-bond acceptors (Lipinski definition) is 14. The van der Waals surface area contributed by atoms with Crippen LogP contribution in [0.2, 0.25) is 1.41 Å². The molecule has 4 aliphatic rings. The molecule has 0 aliphatic carbocycles. The van der Waals surface area contributed by atoms with Crippen molar-refractivity contribution in [3.05, 3.63) is 291 Å². The highest BCUT2D eigenvalue weighted by Crippen LogP contribution is 2.58. The Balaban J connectivity index is 0.000000218. The minimum Gasteiger partial charge on any atom is -0.480 e. The summed E-state index contributed by atoms with van der Waals surface area (Å²) >= 11 is 0. The van der Waals surface area contributed by atoms with Crippen molar-refractivity contribution in [2.45, 2.75) is 240 Å². The smallest absolute Gasteiger partial charge is 0.397 e. The molecule has 4 aliphatic heterocycles. The molecule has 13 rings (SSSR count). The van der Waals surface area contributed by atoms with E-state index < -0.39 is 39.8 Å². The summed E-state index contributed by atoms with van der Waals surface area (Å²) in [5.74, 6) is 4.05. The van der Waals surface area contributed by atoms with Crippen LogP contribution < -0.4 is 22.6 Å². The molecule has 14 nitrogen and oxygen atoms in total. The van der Waals surface area contributed by atoms with E-state index in [1.54, 1.807) is 0 Å². The molecule has 0 aromatic heterocycles. The third-order valence-electron chi connectivity index (χ3n) is 23.7. The molecule has 0 bridgehead atoms. The Kier molecular flexibility index (Phi) is 34.5. The Labute approximate surface area is 744 Å². The maximum atomic E-state index is 6.66. The normalized spacial score (nSPS) is 20.0. The van der Waals surface area contributed by atoms with Crippen molar-refractivity contribution in [1.29, 1.82) is 5.15 Å². The van der Waals surface area contributed by atoms with Crippen LogP contribution >= 0.6 is 60.9 Å². The van der Waals surface area contributed by atoms with Gasteiger partial charge in [0.05, 0.1) is 73.2 Å². The van der Waals surface area contributed by atoms with Crippen molar-refractivity contribution in [3.63, 3.8) is 0 Å². The zero-order valence-corrected chi connectivity index (χ0v) is 83.0. The molecule has 2 spiro atoms. The van der Waals surface area contributed by atoms with Gasteiger partial charge in [0.1, 0.15) is 28.7 Å². The molecule has 0 amide bonds. The second-order valence-corrected chi connectivity index (χ2v) is 44.7. The van der Waals surface area contributed by atoms with Crippen molar-refractivity contribution in [1.82, 2.24) is 0 Å². The summed E-state index contributed by atoms with van der Waals surface area (Å²) in [4.78, 5) is 0. The van der Waals surface area contributed by atoms with E-state index in [4.69, 9.17) is 60.2 Å². The maximum Gasteiger partial charge on any atom is 0.397 e. The fraction of sp³-hybridized carbons (Fsp3) is 0.465. The standard InChI is InChI=1S/C53H58O6P2.C33H50O6P2.C15H25OP.H3NP2/c1-49(2,39-21-13-9-14-22-39)43-29-31-47(45(33-43)51(5,6)41-25-17-11-18-26-41)58-60-54-35-53(36-55-60)37-56-61(57-38-53)59-48-32-30-44(50(3,4)40-23-15-10-16-24-40)34-46(48)52(7,8)42-27-19-12-20-28-42;1-29(2,3)23-13-15-27(25(17-23)31(7,8)9)38-40-34-19-33(20-35-40)21-36-41(37-22-33)39-28-16-14-24(30(4,5)6)18-26(28)32(10,11)12;1-2-3-4-5-6-7-8-9-14-10-12-15(16-17)13-11-14;1-3-2/h9-34H,35-38H2,1-8H3;13-18H,19-22H2,1-12H3;10-13H,2-9,17H2,1H3;1H,2H2/i/hT. The molecular weight excluding hydrogens is 1650 g/mol. The highest BCUT2D eigenvalue weighted by Gasteiger charge is 2.48. The molecule has 1 N–H and O–H groups in total. The summed E-state index contributed by atoms with van der Waals surface area (Å²) in [7, 11) is -1.12. The maximum absolute atomic E-state index is 6.66. The Hall–Kier alpha value is -5.66. The van der Waals surface area contributed by atoms with E-state index in [0.29, 0.717) is 60.9 Å². The van der Waals surface area contributed by atoms with Gasteiger partial charge in [0.15, 0.2) is 1.41 Å². The minimum absolute atomic E-state index is 0.0579. The van der Waals surface area contributed by atoms with Crippen LogP contribution in [0, 0.1) is 16.0 Å². The molecule has 658 valence electrons. The van der Waals surface area contributed by atoms with E-state index in [9.17, 15) is 0 Å². The zero-order chi connectivity index (χ0) is 89.1. The number of aryl methyl sites for hydroxylation is 1. The van der Waals surface area contributed by atoms with E-state index in [-0.39, 0.29) is 48.7 Å². The predicted octanol–water partition coefficient (Wildman–Crippen LogP) is 30.5. The van der Waals surface area contributed by atoms with Gasteiger partial charge in [0.2, 0.25) is 0 Å². The van der Waals surface area contributed by atoms with E-state index in [1.165, 1.54) is 101 Å². The topological polar surface area (TPSA) is 144 Å². The van der Waals surface area contributed by atoms with Gasteiger partial charge < -0.3 is 58.8 Å². The van der Waals surface area contributed by atoms with Gasteiger partial charge in [0.25, 0.3) is 0 Å². The van der Waals surface area contributed by atoms with Crippen LogP contribution in [-0.4, -0.2) is 52.9 Å². The van der Waals surface area contributed by atoms with Gasteiger partial charge in [-0.25, -0.2) is 0 Å². The molecule has 2 unspecified atom stereocenters. The fourth-order valence-corrected chi connectivity index (χ4v) is 20.3. The first-order valence-electron chi connectivity index (χ1n) is 43.5. The summed E-state index contributed by atoms with van der Waals surface area (Å²) < 4.78 is 87.1. The molecule has 4 saturated heterocycles. The summed E-state index contributed by atoms with van der Waals surface area (Å²) in [6, 6.07) is 76.8. The minimum atomic E-state index is -1.67. The summed E-state index contributed by atoms with van der Waals surface area (Å²) in [6.45, 7) is 50.2. The summed E-state index contributed by atoms with van der Waals surface area (Å²) in [6.07, 6.45) is 10.8. The third kappa shape index (κ3) is 26.5. The average Bonchev–Trinajstić information content (AvgIpc) is 0.761. The Morgan fingerprint density at radius 1 is 0.328 bits per heavy atom. The van der Waals surface area contributed by atoms with Gasteiger partial charge in [-0.15, -0.1) is 0 Å². The largest absolute Gasteiger partial charge is 0.480 e. The SMILES string of the molecule is CC(C)(C)c1ccc(OP2OCC3(CO2)COP(Oc2ccc(C(C)(C)C)cc2C(C)(C)C)OC3)c(C(C)(C)C)c1.CC(C)(c1ccccc1)c1ccc(OP2OCC3(CO2)COP(Oc2ccc(C(C)(C)c4ccccc4)cc2C(C)(C)c2ccccc2)OC3)c(C(C)(C)c2ccccc2)c1.CCCCCCCCCc1ccc(OP)cc1.[3H]N=PP. The molecule has 4 heterocycles.